The molecule has 2 nitrogen and oxygen atoms in total. The van der Waals surface area contributed by atoms with Crippen LogP contribution in [0.1, 0.15) is 18.4 Å². The van der Waals surface area contributed by atoms with Gasteiger partial charge in [0.25, 0.3) is 0 Å². The normalized spacial score (nSPS) is 17.8. The number of benzene rings is 1. The van der Waals surface area contributed by atoms with Crippen LogP contribution in [0.25, 0.3) is 0 Å². The highest BCUT2D eigenvalue weighted by atomic mass is 35.5. The minimum Gasteiger partial charge on any atom is -0.375 e. The summed E-state index contributed by atoms with van der Waals surface area (Å²) in [4.78, 5) is 2.39. The van der Waals surface area contributed by atoms with Crippen LogP contribution >= 0.6 is 11.6 Å². The Hall–Kier alpha value is -0.730. The zero-order valence-electron chi connectivity index (χ0n) is 9.58. The van der Waals surface area contributed by atoms with E-state index in [0.29, 0.717) is 5.88 Å². The van der Waals surface area contributed by atoms with E-state index in [9.17, 15) is 0 Å². The molecule has 0 bridgehead atoms. The van der Waals surface area contributed by atoms with Crippen molar-refractivity contribution in [3.63, 3.8) is 0 Å². The third-order valence-electron chi connectivity index (χ3n) is 3.09. The fourth-order valence-corrected chi connectivity index (χ4v) is 2.36. The fourth-order valence-electron chi connectivity index (χ4n) is 2.13. The molecule has 3 heteroatoms. The quantitative estimate of drug-likeness (QED) is 0.750. The Morgan fingerprint density at radius 1 is 1.25 bits per heavy atom. The second kappa shape index (κ2) is 5.55. The Labute approximate surface area is 102 Å². The van der Waals surface area contributed by atoms with Gasteiger partial charge in [0, 0.05) is 31.8 Å². The van der Waals surface area contributed by atoms with Gasteiger partial charge >= 0.3 is 0 Å². The number of rotatable bonds is 3. The molecule has 0 atom stereocenters. The van der Waals surface area contributed by atoms with E-state index in [1.54, 1.807) is 7.11 Å². The lowest BCUT2D eigenvalue weighted by molar-refractivity contribution is 0.177. The summed E-state index contributed by atoms with van der Waals surface area (Å²) in [5, 5.41) is 0. The molecule has 1 aliphatic rings. The predicted octanol–water partition coefficient (Wildman–Crippen LogP) is 3.20. The van der Waals surface area contributed by atoms with Gasteiger partial charge in [0.15, 0.2) is 0 Å². The van der Waals surface area contributed by atoms with E-state index >= 15 is 0 Å². The van der Waals surface area contributed by atoms with Gasteiger partial charge in [0.1, 0.15) is 6.10 Å². The maximum absolute atomic E-state index is 5.95. The van der Waals surface area contributed by atoms with Crippen LogP contribution in [0.3, 0.4) is 0 Å². The summed E-state index contributed by atoms with van der Waals surface area (Å²) < 4.78 is 5.30. The van der Waals surface area contributed by atoms with Crippen LogP contribution < -0.4 is 4.90 Å². The lowest BCUT2D eigenvalue weighted by atomic mass is 10.1. The van der Waals surface area contributed by atoms with Crippen molar-refractivity contribution in [3.8, 4) is 0 Å². The summed E-state index contributed by atoms with van der Waals surface area (Å²) in [5.74, 6) is 0.577. The first-order valence-corrected chi connectivity index (χ1v) is 6.16. The first-order valence-electron chi connectivity index (χ1n) is 5.62. The highest BCUT2D eigenvalue weighted by Crippen LogP contribution is 2.28. The van der Waals surface area contributed by atoms with Gasteiger partial charge in [0.2, 0.25) is 0 Å². The Balaban J connectivity index is 2.07. The van der Waals surface area contributed by atoms with E-state index in [2.05, 4.69) is 23.1 Å². The minimum absolute atomic E-state index is 0.577. The Morgan fingerprint density at radius 3 is 2.56 bits per heavy atom. The number of hydrogen-bond donors (Lipinski definition) is 0. The number of alkyl halides is 1. The third kappa shape index (κ3) is 2.50. The molecule has 1 fully saturated rings. The number of hydrogen-bond acceptors (Lipinski definition) is 2. The lowest BCUT2D eigenvalue weighted by Crippen LogP contribution is -2.33. The van der Waals surface area contributed by atoms with Gasteiger partial charge in [-0.3, -0.25) is 0 Å². The van der Waals surface area contributed by atoms with E-state index < -0.39 is 0 Å². The van der Waals surface area contributed by atoms with Gasteiger partial charge in [-0.05, 0) is 24.5 Å². The molecule has 1 aromatic rings. The van der Waals surface area contributed by atoms with Crippen LogP contribution in [0, 0.1) is 6.10 Å². The maximum Gasteiger partial charge on any atom is 0.100 e. The maximum atomic E-state index is 5.95. The van der Waals surface area contributed by atoms with Crippen molar-refractivity contribution in [2.45, 2.75) is 18.7 Å². The zero-order chi connectivity index (χ0) is 11.4. The van der Waals surface area contributed by atoms with Crippen LogP contribution in [-0.4, -0.2) is 20.2 Å². The first-order chi connectivity index (χ1) is 7.85. The number of para-hydroxylation sites is 1. The molecule has 1 aliphatic heterocycles. The highest BCUT2D eigenvalue weighted by molar-refractivity contribution is 6.17. The SMILES string of the molecule is CO[C]1CCN(c2ccccc2CCl)CC1. The molecular formula is C13H17ClNO. The van der Waals surface area contributed by atoms with Crippen LogP contribution in [0.4, 0.5) is 5.69 Å². The van der Waals surface area contributed by atoms with Gasteiger partial charge in [-0.2, -0.15) is 0 Å². The third-order valence-corrected chi connectivity index (χ3v) is 3.37. The van der Waals surface area contributed by atoms with Crippen LogP contribution in [0.15, 0.2) is 24.3 Å². The van der Waals surface area contributed by atoms with Crippen molar-refractivity contribution in [1.29, 1.82) is 0 Å². The van der Waals surface area contributed by atoms with Gasteiger partial charge in [-0.15, -0.1) is 11.6 Å². The Kier molecular flexibility index (Phi) is 4.08. The van der Waals surface area contributed by atoms with Gasteiger partial charge < -0.3 is 9.64 Å². The van der Waals surface area contributed by atoms with Crippen molar-refractivity contribution >= 4 is 17.3 Å². The summed E-state index contributed by atoms with van der Waals surface area (Å²) in [6, 6.07) is 8.35. The van der Waals surface area contributed by atoms with Crippen molar-refractivity contribution in [1.82, 2.24) is 0 Å². The van der Waals surface area contributed by atoms with Crippen molar-refractivity contribution in [3.05, 3.63) is 35.9 Å². The van der Waals surface area contributed by atoms with Crippen molar-refractivity contribution in [2.75, 3.05) is 25.1 Å². The van der Waals surface area contributed by atoms with E-state index in [1.807, 2.05) is 6.07 Å². The van der Waals surface area contributed by atoms with E-state index in [4.69, 9.17) is 16.3 Å². The average molecular weight is 239 g/mol. The number of halogens is 1. The molecule has 1 radical (unpaired) electrons. The monoisotopic (exact) mass is 238 g/mol. The fraction of sp³-hybridized carbons (Fsp3) is 0.462. The first kappa shape index (κ1) is 11.7. The van der Waals surface area contributed by atoms with Crippen LogP contribution in [0.5, 0.6) is 0 Å². The largest absolute Gasteiger partial charge is 0.375 e. The molecule has 0 amide bonds. The molecule has 0 saturated carbocycles. The summed E-state index contributed by atoms with van der Waals surface area (Å²) in [6.45, 7) is 2.05. The zero-order valence-corrected chi connectivity index (χ0v) is 10.3. The second-order valence-corrected chi connectivity index (χ2v) is 4.26. The number of anilines is 1. The molecule has 2 rings (SSSR count). The number of nitrogens with zero attached hydrogens (tertiary/aromatic N) is 1. The van der Waals surface area contributed by atoms with E-state index in [0.717, 1.165) is 25.9 Å². The Morgan fingerprint density at radius 2 is 1.94 bits per heavy atom. The molecule has 1 aromatic carbocycles. The lowest BCUT2D eigenvalue weighted by Gasteiger charge is -2.33. The van der Waals surface area contributed by atoms with Crippen LogP contribution in [0.2, 0.25) is 0 Å². The van der Waals surface area contributed by atoms with Gasteiger partial charge in [-0.25, -0.2) is 0 Å². The molecule has 87 valence electrons. The summed E-state index contributed by atoms with van der Waals surface area (Å²) in [5.41, 5.74) is 2.48. The van der Waals surface area contributed by atoms with E-state index in [-0.39, 0.29) is 0 Å². The summed E-state index contributed by atoms with van der Waals surface area (Å²) in [6.07, 6.45) is 3.25. The molecular weight excluding hydrogens is 222 g/mol. The molecule has 16 heavy (non-hydrogen) atoms. The standard InChI is InChI=1S/C13H17ClNO/c1-16-12-6-8-15(9-7-12)13-5-3-2-4-11(13)10-14/h2-5H,6-10H2,1H3. The van der Waals surface area contributed by atoms with Crippen molar-refractivity contribution < 1.29 is 4.74 Å². The average Bonchev–Trinajstić information content (AvgIpc) is 2.39. The van der Waals surface area contributed by atoms with Gasteiger partial charge in [-0.1, -0.05) is 18.2 Å². The van der Waals surface area contributed by atoms with Crippen LogP contribution in [-0.2, 0) is 10.6 Å². The molecule has 1 saturated heterocycles. The number of piperidine rings is 1. The van der Waals surface area contributed by atoms with Gasteiger partial charge in [0.05, 0.1) is 0 Å². The molecule has 0 aromatic heterocycles. The predicted molar refractivity (Wildman–Crippen MR) is 67.7 cm³/mol. The summed E-state index contributed by atoms with van der Waals surface area (Å²) in [7, 11) is 1.76. The minimum atomic E-state index is 0.577. The van der Waals surface area contributed by atoms with Crippen molar-refractivity contribution in [2.24, 2.45) is 0 Å². The topological polar surface area (TPSA) is 12.5 Å². The molecule has 0 aliphatic carbocycles. The second-order valence-electron chi connectivity index (χ2n) is 3.99. The number of ether oxygens (including phenoxy) is 1. The number of methoxy groups -OCH3 is 1. The highest BCUT2D eigenvalue weighted by Gasteiger charge is 2.20. The Bertz CT molecular complexity index is 334. The molecule has 0 N–H and O–H groups in total. The molecule has 1 heterocycles. The smallest absolute Gasteiger partial charge is 0.100 e. The summed E-state index contributed by atoms with van der Waals surface area (Å²) >= 11 is 5.95. The molecule has 0 spiro atoms. The molecule has 0 unspecified atom stereocenters. The van der Waals surface area contributed by atoms with E-state index in [1.165, 1.54) is 17.4 Å².